The lowest BCUT2D eigenvalue weighted by Crippen LogP contribution is -2.21. The third-order valence-corrected chi connectivity index (χ3v) is 3.26. The summed E-state index contributed by atoms with van der Waals surface area (Å²) in [4.78, 5) is 23.5. The SMILES string of the molecule is Cc1ccc(C(=O)OCC(=O)Nc2ccc(CC#N)cc2)cc1F. The van der Waals surface area contributed by atoms with Gasteiger partial charge >= 0.3 is 5.97 Å². The average Bonchev–Trinajstić information content (AvgIpc) is 2.57. The average molecular weight is 326 g/mol. The summed E-state index contributed by atoms with van der Waals surface area (Å²) in [6.07, 6.45) is 0.291. The molecule has 0 aromatic heterocycles. The quantitative estimate of drug-likeness (QED) is 0.857. The number of nitrogens with zero attached hydrogens (tertiary/aromatic N) is 1. The van der Waals surface area contributed by atoms with E-state index in [1.54, 1.807) is 31.2 Å². The van der Waals surface area contributed by atoms with Crippen molar-refractivity contribution in [3.8, 4) is 6.07 Å². The molecule has 0 aliphatic carbocycles. The summed E-state index contributed by atoms with van der Waals surface area (Å²) in [7, 11) is 0. The van der Waals surface area contributed by atoms with Crippen LogP contribution in [0.5, 0.6) is 0 Å². The number of halogens is 1. The minimum atomic E-state index is -0.770. The van der Waals surface area contributed by atoms with E-state index in [2.05, 4.69) is 5.32 Å². The molecule has 24 heavy (non-hydrogen) atoms. The zero-order valence-electron chi connectivity index (χ0n) is 13.0. The summed E-state index contributed by atoms with van der Waals surface area (Å²) in [5, 5.41) is 11.2. The van der Waals surface area contributed by atoms with E-state index in [0.717, 1.165) is 11.6 Å². The monoisotopic (exact) mass is 326 g/mol. The molecule has 0 saturated heterocycles. The number of amides is 1. The predicted octanol–water partition coefficient (Wildman–Crippen LogP) is 3.00. The van der Waals surface area contributed by atoms with Gasteiger partial charge in [0.25, 0.3) is 5.91 Å². The third-order valence-electron chi connectivity index (χ3n) is 3.26. The van der Waals surface area contributed by atoms with Crippen molar-refractivity contribution in [3.63, 3.8) is 0 Å². The lowest BCUT2D eigenvalue weighted by Gasteiger charge is -2.07. The number of esters is 1. The zero-order chi connectivity index (χ0) is 17.5. The van der Waals surface area contributed by atoms with Crippen LogP contribution in [0.25, 0.3) is 0 Å². The van der Waals surface area contributed by atoms with Crippen LogP contribution in [0.2, 0.25) is 0 Å². The molecule has 0 atom stereocenters. The number of nitriles is 1. The van der Waals surface area contributed by atoms with Crippen LogP contribution in [-0.2, 0) is 16.0 Å². The van der Waals surface area contributed by atoms with E-state index < -0.39 is 24.3 Å². The number of hydrogen-bond donors (Lipinski definition) is 1. The Labute approximate surface area is 138 Å². The van der Waals surface area contributed by atoms with Gasteiger partial charge in [-0.2, -0.15) is 5.26 Å². The summed E-state index contributed by atoms with van der Waals surface area (Å²) in [5.41, 5.74) is 1.83. The molecule has 0 fully saturated rings. The maximum Gasteiger partial charge on any atom is 0.338 e. The number of rotatable bonds is 5. The molecular formula is C18H15FN2O3. The number of aryl methyl sites for hydroxylation is 1. The molecule has 0 bridgehead atoms. The van der Waals surface area contributed by atoms with E-state index in [1.807, 2.05) is 6.07 Å². The second-order valence-corrected chi connectivity index (χ2v) is 5.12. The smallest absolute Gasteiger partial charge is 0.338 e. The molecule has 5 nitrogen and oxygen atoms in total. The van der Waals surface area contributed by atoms with Crippen LogP contribution in [-0.4, -0.2) is 18.5 Å². The van der Waals surface area contributed by atoms with E-state index in [0.29, 0.717) is 17.7 Å². The van der Waals surface area contributed by atoms with Crippen molar-refractivity contribution in [2.24, 2.45) is 0 Å². The first-order valence-corrected chi connectivity index (χ1v) is 7.18. The summed E-state index contributed by atoms with van der Waals surface area (Å²) in [6, 6.07) is 12.8. The first-order chi connectivity index (χ1) is 11.5. The number of nitrogens with one attached hydrogen (secondary N) is 1. The maximum absolute atomic E-state index is 13.4. The maximum atomic E-state index is 13.4. The number of ether oxygens (including phenoxy) is 1. The Hall–Kier alpha value is -3.20. The van der Waals surface area contributed by atoms with Gasteiger partial charge in [0, 0.05) is 5.69 Å². The van der Waals surface area contributed by atoms with Gasteiger partial charge in [-0.1, -0.05) is 18.2 Å². The minimum Gasteiger partial charge on any atom is -0.452 e. The van der Waals surface area contributed by atoms with Crippen LogP contribution in [0.1, 0.15) is 21.5 Å². The molecule has 0 saturated carbocycles. The van der Waals surface area contributed by atoms with Crippen molar-refractivity contribution in [1.29, 1.82) is 5.26 Å². The molecule has 6 heteroatoms. The van der Waals surface area contributed by atoms with Gasteiger partial charge in [0.05, 0.1) is 18.1 Å². The second-order valence-electron chi connectivity index (χ2n) is 5.12. The molecule has 0 radical (unpaired) electrons. The van der Waals surface area contributed by atoms with Crippen molar-refractivity contribution >= 4 is 17.6 Å². The highest BCUT2D eigenvalue weighted by Gasteiger charge is 2.12. The Morgan fingerprint density at radius 2 is 1.92 bits per heavy atom. The number of carbonyl (C=O) groups is 2. The fraction of sp³-hybridized carbons (Fsp3) is 0.167. The van der Waals surface area contributed by atoms with Crippen molar-refractivity contribution in [2.45, 2.75) is 13.3 Å². The van der Waals surface area contributed by atoms with E-state index in [1.165, 1.54) is 12.1 Å². The van der Waals surface area contributed by atoms with Gasteiger partial charge in [-0.25, -0.2) is 9.18 Å². The third kappa shape index (κ3) is 4.65. The van der Waals surface area contributed by atoms with E-state index in [9.17, 15) is 14.0 Å². The van der Waals surface area contributed by atoms with Crippen molar-refractivity contribution in [1.82, 2.24) is 0 Å². The van der Waals surface area contributed by atoms with Gasteiger partial charge in [-0.05, 0) is 42.3 Å². The van der Waals surface area contributed by atoms with Crippen molar-refractivity contribution in [2.75, 3.05) is 11.9 Å². The predicted molar refractivity (Wildman–Crippen MR) is 85.8 cm³/mol. The fourth-order valence-electron chi connectivity index (χ4n) is 1.93. The van der Waals surface area contributed by atoms with Crippen LogP contribution in [0, 0.1) is 24.1 Å². The Kier molecular flexibility index (Phi) is 5.63. The number of anilines is 1. The first kappa shape index (κ1) is 17.2. The molecule has 2 aromatic rings. The zero-order valence-corrected chi connectivity index (χ0v) is 13.0. The molecule has 0 heterocycles. The normalized spacial score (nSPS) is 9.88. The van der Waals surface area contributed by atoms with Gasteiger partial charge in [0.15, 0.2) is 6.61 Å². The Bertz CT molecular complexity index is 795. The molecule has 0 unspecified atom stereocenters. The molecule has 1 amide bonds. The molecule has 0 spiro atoms. The highest BCUT2D eigenvalue weighted by Crippen LogP contribution is 2.11. The van der Waals surface area contributed by atoms with Crippen molar-refractivity contribution in [3.05, 3.63) is 65.0 Å². The van der Waals surface area contributed by atoms with Crippen LogP contribution in [0.3, 0.4) is 0 Å². The molecule has 0 aliphatic heterocycles. The van der Waals surface area contributed by atoms with Gasteiger partial charge < -0.3 is 10.1 Å². The Morgan fingerprint density at radius 1 is 1.21 bits per heavy atom. The van der Waals surface area contributed by atoms with E-state index >= 15 is 0 Å². The summed E-state index contributed by atoms with van der Waals surface area (Å²) < 4.78 is 18.3. The first-order valence-electron chi connectivity index (χ1n) is 7.18. The van der Waals surface area contributed by atoms with E-state index in [4.69, 9.17) is 10.00 Å². The van der Waals surface area contributed by atoms with Gasteiger partial charge in [0.1, 0.15) is 5.82 Å². The number of carbonyl (C=O) groups excluding carboxylic acids is 2. The fourth-order valence-corrected chi connectivity index (χ4v) is 1.93. The summed E-state index contributed by atoms with van der Waals surface area (Å²) in [6.45, 7) is 1.11. The molecular weight excluding hydrogens is 311 g/mol. The number of hydrogen-bond acceptors (Lipinski definition) is 4. The van der Waals surface area contributed by atoms with Crippen LogP contribution < -0.4 is 5.32 Å². The number of benzene rings is 2. The van der Waals surface area contributed by atoms with Crippen LogP contribution >= 0.6 is 0 Å². The summed E-state index contributed by atoms with van der Waals surface area (Å²) in [5.74, 6) is -1.79. The largest absolute Gasteiger partial charge is 0.452 e. The Morgan fingerprint density at radius 3 is 2.54 bits per heavy atom. The lowest BCUT2D eigenvalue weighted by molar-refractivity contribution is -0.119. The Balaban J connectivity index is 1.87. The highest BCUT2D eigenvalue weighted by molar-refractivity contribution is 5.95. The minimum absolute atomic E-state index is 0.0479. The molecule has 2 aromatic carbocycles. The van der Waals surface area contributed by atoms with Crippen molar-refractivity contribution < 1.29 is 18.7 Å². The second kappa shape index (κ2) is 7.88. The van der Waals surface area contributed by atoms with Crippen LogP contribution in [0.15, 0.2) is 42.5 Å². The van der Waals surface area contributed by atoms with Gasteiger partial charge in [-0.15, -0.1) is 0 Å². The van der Waals surface area contributed by atoms with Gasteiger partial charge in [-0.3, -0.25) is 4.79 Å². The summed E-state index contributed by atoms with van der Waals surface area (Å²) >= 11 is 0. The standard InChI is InChI=1S/C18H15FN2O3/c1-12-2-5-14(10-16(12)19)18(23)24-11-17(22)21-15-6-3-13(4-7-15)8-9-20/h2-7,10H,8,11H2,1H3,(H,21,22). The topological polar surface area (TPSA) is 79.2 Å². The lowest BCUT2D eigenvalue weighted by atomic mass is 10.1. The van der Waals surface area contributed by atoms with E-state index in [-0.39, 0.29) is 5.56 Å². The van der Waals surface area contributed by atoms with Crippen LogP contribution in [0.4, 0.5) is 10.1 Å². The molecule has 0 aliphatic rings. The highest BCUT2D eigenvalue weighted by atomic mass is 19.1. The molecule has 2 rings (SSSR count). The molecule has 1 N–H and O–H groups in total. The molecule has 122 valence electrons. The van der Waals surface area contributed by atoms with Gasteiger partial charge in [0.2, 0.25) is 0 Å².